The molecule has 0 aliphatic rings. The average Bonchev–Trinajstić information content (AvgIpc) is 3.74. The monoisotopic (exact) mass is 656 g/mol. The molecule has 0 saturated carbocycles. The third-order valence-electron chi connectivity index (χ3n) is 9.44. The zero-order chi connectivity index (χ0) is 33.0. The van der Waals surface area contributed by atoms with Crippen LogP contribution in [-0.2, 0) is 0 Å². The van der Waals surface area contributed by atoms with Gasteiger partial charge in [-0.3, -0.25) is 0 Å². The Hall–Kier alpha value is -6.43. The van der Waals surface area contributed by atoms with Gasteiger partial charge in [-0.1, -0.05) is 127 Å². The zero-order valence-corrected chi connectivity index (χ0v) is 27.7. The number of fused-ring (bicyclic) bond motifs is 6. The minimum absolute atomic E-state index is 0.632. The van der Waals surface area contributed by atoms with Gasteiger partial charge in [-0.25, -0.2) is 15.0 Å². The molecule has 0 saturated heterocycles. The Morgan fingerprint density at radius 2 is 0.900 bits per heavy atom. The standard InChI is InChI=1S/C45H28N4S/c1-2-13-29(14-3-1)43-46-44(31-16-10-15-30(27-31)34-22-12-26-41-42(34)37-21-6-9-25-40(37)50-41)48-45(47-43)32-17-11-18-33(28-32)49-38-23-7-4-19-35(38)36-20-5-8-24-39(36)49/h1-28H. The summed E-state index contributed by atoms with van der Waals surface area (Å²) in [5, 5.41) is 5.03. The Kier molecular flexibility index (Phi) is 6.64. The van der Waals surface area contributed by atoms with Crippen LogP contribution in [0.2, 0.25) is 0 Å². The van der Waals surface area contributed by atoms with Gasteiger partial charge in [0.2, 0.25) is 0 Å². The second-order valence-corrected chi connectivity index (χ2v) is 13.5. The van der Waals surface area contributed by atoms with Crippen LogP contribution in [0, 0.1) is 0 Å². The third kappa shape index (κ3) is 4.71. The summed E-state index contributed by atoms with van der Waals surface area (Å²) in [6, 6.07) is 59.7. The highest BCUT2D eigenvalue weighted by atomic mass is 32.1. The maximum absolute atomic E-state index is 5.15. The van der Waals surface area contributed by atoms with Crippen molar-refractivity contribution in [3.05, 3.63) is 170 Å². The summed E-state index contributed by atoms with van der Waals surface area (Å²) in [6.45, 7) is 0. The lowest BCUT2D eigenvalue weighted by Gasteiger charge is -2.12. The Balaban J connectivity index is 1.14. The summed E-state index contributed by atoms with van der Waals surface area (Å²) in [6.07, 6.45) is 0. The predicted molar refractivity (Wildman–Crippen MR) is 209 cm³/mol. The van der Waals surface area contributed by atoms with E-state index in [2.05, 4.69) is 156 Å². The minimum Gasteiger partial charge on any atom is -0.309 e. The van der Waals surface area contributed by atoms with Gasteiger partial charge in [0.15, 0.2) is 17.5 Å². The normalized spacial score (nSPS) is 11.6. The molecule has 0 bridgehead atoms. The van der Waals surface area contributed by atoms with Gasteiger partial charge in [0.05, 0.1) is 11.0 Å². The van der Waals surface area contributed by atoms with E-state index in [1.165, 1.54) is 36.5 Å². The van der Waals surface area contributed by atoms with Crippen molar-refractivity contribution in [2.45, 2.75) is 0 Å². The van der Waals surface area contributed by atoms with Crippen LogP contribution >= 0.6 is 11.3 Å². The molecule has 7 aromatic carbocycles. The van der Waals surface area contributed by atoms with Gasteiger partial charge >= 0.3 is 0 Å². The van der Waals surface area contributed by atoms with Gasteiger partial charge in [0.1, 0.15) is 0 Å². The summed E-state index contributed by atoms with van der Waals surface area (Å²) >= 11 is 1.84. The van der Waals surface area contributed by atoms with Gasteiger partial charge < -0.3 is 4.57 Å². The number of nitrogens with zero attached hydrogens (tertiary/aromatic N) is 4. The zero-order valence-electron chi connectivity index (χ0n) is 26.9. The molecule has 4 nitrogen and oxygen atoms in total. The molecule has 50 heavy (non-hydrogen) atoms. The van der Waals surface area contributed by atoms with Gasteiger partial charge in [-0.2, -0.15) is 0 Å². The van der Waals surface area contributed by atoms with Crippen molar-refractivity contribution >= 4 is 53.3 Å². The molecule has 5 heteroatoms. The quantitative estimate of drug-likeness (QED) is 0.185. The number of rotatable bonds is 5. The van der Waals surface area contributed by atoms with Gasteiger partial charge in [-0.05, 0) is 53.6 Å². The van der Waals surface area contributed by atoms with Crippen LogP contribution in [0.1, 0.15) is 0 Å². The molecule has 0 N–H and O–H groups in total. The van der Waals surface area contributed by atoms with Gasteiger partial charge in [0, 0.05) is 53.3 Å². The maximum Gasteiger partial charge on any atom is 0.164 e. The van der Waals surface area contributed by atoms with Crippen LogP contribution in [0.15, 0.2) is 170 Å². The van der Waals surface area contributed by atoms with E-state index in [0.29, 0.717) is 17.5 Å². The first kappa shape index (κ1) is 28.6. The molecule has 10 aromatic rings. The molecule has 0 spiro atoms. The van der Waals surface area contributed by atoms with Crippen LogP contribution in [-0.4, -0.2) is 19.5 Å². The predicted octanol–water partition coefficient (Wildman–Crippen LogP) is 12.0. The Morgan fingerprint density at radius 3 is 1.64 bits per heavy atom. The smallest absolute Gasteiger partial charge is 0.164 e. The van der Waals surface area contributed by atoms with E-state index in [1.54, 1.807) is 0 Å². The molecular formula is C45H28N4S. The summed E-state index contributed by atoms with van der Waals surface area (Å²) in [7, 11) is 0. The SMILES string of the molecule is c1ccc(-c2nc(-c3cccc(-c4cccc5sc6ccccc6c45)c3)nc(-c3cccc(-n4c5ccccc5c5ccccc54)c3)n2)cc1. The molecule has 10 rings (SSSR count). The minimum atomic E-state index is 0.632. The van der Waals surface area contributed by atoms with E-state index >= 15 is 0 Å². The lowest BCUT2D eigenvalue weighted by atomic mass is 9.98. The Labute approximate surface area is 292 Å². The van der Waals surface area contributed by atoms with Crippen molar-refractivity contribution in [2.24, 2.45) is 0 Å². The van der Waals surface area contributed by atoms with Crippen molar-refractivity contribution in [1.82, 2.24) is 19.5 Å². The molecule has 0 aliphatic carbocycles. The summed E-state index contributed by atoms with van der Waals surface area (Å²) in [5.74, 6) is 1.91. The second kappa shape index (κ2) is 11.6. The second-order valence-electron chi connectivity index (χ2n) is 12.5. The molecule has 234 valence electrons. The summed E-state index contributed by atoms with van der Waals surface area (Å²) in [4.78, 5) is 15.3. The first-order valence-corrected chi connectivity index (χ1v) is 17.5. The van der Waals surface area contributed by atoms with E-state index in [0.717, 1.165) is 39.0 Å². The highest BCUT2D eigenvalue weighted by molar-refractivity contribution is 7.25. The number of hydrogen-bond donors (Lipinski definition) is 0. The fourth-order valence-electron chi connectivity index (χ4n) is 7.18. The molecule has 0 fully saturated rings. The molecule has 0 radical (unpaired) electrons. The number of hydrogen-bond acceptors (Lipinski definition) is 4. The number of thiophene rings is 1. The van der Waals surface area contributed by atoms with E-state index in [-0.39, 0.29) is 0 Å². The lowest BCUT2D eigenvalue weighted by molar-refractivity contribution is 1.07. The number of aromatic nitrogens is 4. The van der Waals surface area contributed by atoms with Gasteiger partial charge in [0.25, 0.3) is 0 Å². The molecule has 3 aromatic heterocycles. The Morgan fingerprint density at radius 1 is 0.380 bits per heavy atom. The fraction of sp³-hybridized carbons (Fsp3) is 0. The fourth-order valence-corrected chi connectivity index (χ4v) is 8.31. The van der Waals surface area contributed by atoms with E-state index < -0.39 is 0 Å². The van der Waals surface area contributed by atoms with E-state index in [4.69, 9.17) is 15.0 Å². The van der Waals surface area contributed by atoms with Gasteiger partial charge in [-0.15, -0.1) is 11.3 Å². The van der Waals surface area contributed by atoms with Crippen molar-refractivity contribution in [3.8, 4) is 51.0 Å². The van der Waals surface area contributed by atoms with Crippen molar-refractivity contribution in [2.75, 3.05) is 0 Å². The van der Waals surface area contributed by atoms with E-state index in [1.807, 2.05) is 29.5 Å². The van der Waals surface area contributed by atoms with Crippen LogP contribution < -0.4 is 0 Å². The molecule has 0 unspecified atom stereocenters. The first-order chi connectivity index (χ1) is 24.8. The maximum atomic E-state index is 5.15. The number of para-hydroxylation sites is 2. The molecule has 0 aliphatic heterocycles. The molecule has 0 atom stereocenters. The molecule has 0 amide bonds. The summed E-state index contributed by atoms with van der Waals surface area (Å²) in [5.41, 5.74) is 8.54. The van der Waals surface area contributed by atoms with Crippen LogP contribution in [0.3, 0.4) is 0 Å². The largest absolute Gasteiger partial charge is 0.309 e. The van der Waals surface area contributed by atoms with E-state index in [9.17, 15) is 0 Å². The molecular weight excluding hydrogens is 629 g/mol. The van der Waals surface area contributed by atoms with Crippen LogP contribution in [0.4, 0.5) is 0 Å². The van der Waals surface area contributed by atoms with Crippen molar-refractivity contribution in [3.63, 3.8) is 0 Å². The number of benzene rings is 7. The highest BCUT2D eigenvalue weighted by Gasteiger charge is 2.17. The van der Waals surface area contributed by atoms with Crippen LogP contribution in [0.25, 0.3) is 93.0 Å². The van der Waals surface area contributed by atoms with Crippen LogP contribution in [0.5, 0.6) is 0 Å². The topological polar surface area (TPSA) is 43.6 Å². The summed E-state index contributed by atoms with van der Waals surface area (Å²) < 4.78 is 4.90. The average molecular weight is 657 g/mol. The Bertz CT molecular complexity index is 2830. The molecule has 3 heterocycles. The lowest BCUT2D eigenvalue weighted by Crippen LogP contribution is -2.01. The highest BCUT2D eigenvalue weighted by Crippen LogP contribution is 2.41. The first-order valence-electron chi connectivity index (χ1n) is 16.7. The van der Waals surface area contributed by atoms with Crippen molar-refractivity contribution < 1.29 is 0 Å². The third-order valence-corrected chi connectivity index (χ3v) is 10.6. The van der Waals surface area contributed by atoms with Crippen molar-refractivity contribution in [1.29, 1.82) is 0 Å².